The van der Waals surface area contributed by atoms with E-state index in [1.165, 1.54) is 0 Å². The molecule has 1 aliphatic heterocycles. The Morgan fingerprint density at radius 1 is 1.21 bits per heavy atom. The topological polar surface area (TPSA) is 82.1 Å². The van der Waals surface area contributed by atoms with Gasteiger partial charge in [-0.25, -0.2) is 13.4 Å². The molecule has 1 N–H and O–H groups in total. The summed E-state index contributed by atoms with van der Waals surface area (Å²) in [6.45, 7) is 1.82. The van der Waals surface area contributed by atoms with E-state index in [1.54, 1.807) is 23.2 Å². The van der Waals surface area contributed by atoms with Gasteiger partial charge in [0.25, 0.3) is 0 Å². The van der Waals surface area contributed by atoms with Crippen LogP contribution >= 0.6 is 0 Å². The lowest BCUT2D eigenvalue weighted by atomic mass is 9.98. The molecule has 0 bridgehead atoms. The lowest BCUT2D eigenvalue weighted by Gasteiger charge is -2.22. The average molecular weight is 415 g/mol. The third-order valence-corrected chi connectivity index (χ3v) is 5.37. The molecule has 0 spiro atoms. The smallest absolute Gasteiger partial charge is 0.242 e. The molecule has 1 atom stereocenters. The number of nitrogens with zero attached hydrogens (tertiary/aromatic N) is 3. The van der Waals surface area contributed by atoms with Gasteiger partial charge in [-0.2, -0.15) is 5.10 Å². The maximum Gasteiger partial charge on any atom is 0.242 e. The van der Waals surface area contributed by atoms with Crippen molar-refractivity contribution in [3.63, 3.8) is 0 Å². The molecule has 1 unspecified atom stereocenters. The van der Waals surface area contributed by atoms with Crippen LogP contribution in [-0.2, 0) is 14.8 Å². The Hall–Kier alpha value is -2.87. The second kappa shape index (κ2) is 8.24. The van der Waals surface area contributed by atoms with Gasteiger partial charge in [-0.15, -0.1) is 0 Å². The summed E-state index contributed by atoms with van der Waals surface area (Å²) in [5, 5.41) is 6.15. The first kappa shape index (κ1) is 20.9. The van der Waals surface area contributed by atoms with Crippen LogP contribution in [0.2, 0.25) is 0 Å². The van der Waals surface area contributed by atoms with Gasteiger partial charge in [0.15, 0.2) is 0 Å². The van der Waals surface area contributed by atoms with Gasteiger partial charge in [0.2, 0.25) is 15.9 Å². The van der Waals surface area contributed by atoms with E-state index in [2.05, 4.69) is 9.82 Å². The fourth-order valence-corrected chi connectivity index (χ4v) is 3.86. The van der Waals surface area contributed by atoms with E-state index in [9.17, 15) is 13.2 Å². The van der Waals surface area contributed by atoms with Gasteiger partial charge in [0.1, 0.15) is 0 Å². The van der Waals surface area contributed by atoms with Crippen LogP contribution in [0.25, 0.3) is 0 Å². The Kier molecular flexibility index (Phi) is 5.93. The molecule has 154 valence electrons. The van der Waals surface area contributed by atoms with E-state index in [0.29, 0.717) is 18.5 Å². The van der Waals surface area contributed by atoms with Crippen molar-refractivity contribution in [2.75, 3.05) is 30.0 Å². The Morgan fingerprint density at radius 3 is 2.48 bits per heavy atom. The highest BCUT2D eigenvalue weighted by Crippen LogP contribution is 2.34. The van der Waals surface area contributed by atoms with Crippen molar-refractivity contribution in [2.45, 2.75) is 25.8 Å². The number of anilines is 2. The summed E-state index contributed by atoms with van der Waals surface area (Å²) in [5.74, 6) is -0.0490. The van der Waals surface area contributed by atoms with Crippen molar-refractivity contribution < 1.29 is 13.2 Å². The van der Waals surface area contributed by atoms with Gasteiger partial charge in [-0.05, 0) is 35.4 Å². The molecule has 0 saturated heterocycles. The third-order valence-electron chi connectivity index (χ3n) is 4.76. The van der Waals surface area contributed by atoms with Gasteiger partial charge in [0, 0.05) is 38.3 Å². The Balaban J connectivity index is 1.91. The lowest BCUT2D eigenvalue weighted by Crippen LogP contribution is -2.26. The number of benzene rings is 2. The SMILES string of the molecule is CCC(=O)N1N=C(c2cccc(NS(C)(=O)=O)c2)CC1c1ccc(N(C)C)cc1. The van der Waals surface area contributed by atoms with Crippen LogP contribution < -0.4 is 9.62 Å². The largest absolute Gasteiger partial charge is 0.378 e. The number of hydrogen-bond acceptors (Lipinski definition) is 5. The number of carbonyl (C=O) groups excluding carboxylic acids is 1. The molecule has 8 heteroatoms. The van der Waals surface area contributed by atoms with E-state index in [-0.39, 0.29) is 11.9 Å². The third kappa shape index (κ3) is 4.95. The Labute approximate surface area is 172 Å². The van der Waals surface area contributed by atoms with Crippen molar-refractivity contribution in [1.29, 1.82) is 0 Å². The zero-order valence-corrected chi connectivity index (χ0v) is 17.9. The molecule has 2 aromatic carbocycles. The van der Waals surface area contributed by atoms with E-state index in [1.807, 2.05) is 56.3 Å². The highest BCUT2D eigenvalue weighted by molar-refractivity contribution is 7.92. The Morgan fingerprint density at radius 2 is 1.90 bits per heavy atom. The molecule has 1 heterocycles. The van der Waals surface area contributed by atoms with Gasteiger partial charge in [-0.1, -0.05) is 31.2 Å². The van der Waals surface area contributed by atoms with Gasteiger partial charge < -0.3 is 4.90 Å². The van der Waals surface area contributed by atoms with Crippen LogP contribution in [0.4, 0.5) is 11.4 Å². The minimum absolute atomic E-state index is 0.0490. The second-order valence-electron chi connectivity index (χ2n) is 7.30. The summed E-state index contributed by atoms with van der Waals surface area (Å²) in [5.41, 5.74) is 4.12. The quantitative estimate of drug-likeness (QED) is 0.787. The predicted molar refractivity (Wildman–Crippen MR) is 117 cm³/mol. The minimum Gasteiger partial charge on any atom is -0.378 e. The van der Waals surface area contributed by atoms with Crippen molar-refractivity contribution in [2.24, 2.45) is 5.10 Å². The molecule has 3 rings (SSSR count). The predicted octanol–water partition coefficient (Wildman–Crippen LogP) is 3.21. The highest BCUT2D eigenvalue weighted by Gasteiger charge is 2.32. The molecule has 0 saturated carbocycles. The molecule has 0 radical (unpaired) electrons. The first-order valence-corrected chi connectivity index (χ1v) is 11.3. The molecular weight excluding hydrogens is 388 g/mol. The van der Waals surface area contributed by atoms with Crippen molar-refractivity contribution in [1.82, 2.24) is 5.01 Å². The van der Waals surface area contributed by atoms with E-state index < -0.39 is 10.0 Å². The summed E-state index contributed by atoms with van der Waals surface area (Å²) < 4.78 is 25.5. The molecule has 29 heavy (non-hydrogen) atoms. The Bertz CT molecular complexity index is 1030. The van der Waals surface area contributed by atoms with Crippen LogP contribution in [0.3, 0.4) is 0 Å². The second-order valence-corrected chi connectivity index (χ2v) is 9.05. The number of carbonyl (C=O) groups is 1. The van der Waals surface area contributed by atoms with Crippen LogP contribution in [0, 0.1) is 0 Å². The number of hydrazone groups is 1. The number of hydrogen-bond donors (Lipinski definition) is 1. The summed E-state index contributed by atoms with van der Waals surface area (Å²) in [6.07, 6.45) is 2.04. The number of sulfonamides is 1. The maximum absolute atomic E-state index is 12.5. The fraction of sp³-hybridized carbons (Fsp3) is 0.333. The fourth-order valence-electron chi connectivity index (χ4n) is 3.31. The molecule has 0 fully saturated rings. The standard InChI is InChI=1S/C21H26N4O3S/c1-5-21(26)25-20(15-9-11-18(12-10-15)24(2)3)14-19(22-25)16-7-6-8-17(13-16)23-29(4,27)28/h6-13,20,23H,5,14H2,1-4H3. The summed E-state index contributed by atoms with van der Waals surface area (Å²) in [7, 11) is 0.596. The van der Waals surface area contributed by atoms with E-state index in [0.717, 1.165) is 28.8 Å². The van der Waals surface area contributed by atoms with Crippen molar-refractivity contribution in [3.8, 4) is 0 Å². The van der Waals surface area contributed by atoms with Gasteiger partial charge >= 0.3 is 0 Å². The zero-order valence-electron chi connectivity index (χ0n) is 17.1. The number of nitrogens with one attached hydrogen (secondary N) is 1. The normalized spacial score (nSPS) is 16.5. The zero-order chi connectivity index (χ0) is 21.2. The van der Waals surface area contributed by atoms with Crippen molar-refractivity contribution in [3.05, 3.63) is 59.7 Å². The molecule has 1 amide bonds. The van der Waals surface area contributed by atoms with Crippen LogP contribution in [0.15, 0.2) is 53.6 Å². The van der Waals surface area contributed by atoms with Gasteiger partial charge in [0.05, 0.1) is 18.0 Å². The molecule has 0 aliphatic carbocycles. The molecule has 7 nitrogen and oxygen atoms in total. The monoisotopic (exact) mass is 414 g/mol. The van der Waals surface area contributed by atoms with Crippen LogP contribution in [0.5, 0.6) is 0 Å². The summed E-state index contributed by atoms with van der Waals surface area (Å²) in [6, 6.07) is 15.0. The molecule has 1 aliphatic rings. The first-order valence-electron chi connectivity index (χ1n) is 9.43. The van der Waals surface area contributed by atoms with E-state index >= 15 is 0 Å². The summed E-state index contributed by atoms with van der Waals surface area (Å²) in [4.78, 5) is 14.5. The minimum atomic E-state index is -3.37. The van der Waals surface area contributed by atoms with Crippen molar-refractivity contribution >= 4 is 33.0 Å². The van der Waals surface area contributed by atoms with E-state index in [4.69, 9.17) is 0 Å². The van der Waals surface area contributed by atoms with Gasteiger partial charge in [-0.3, -0.25) is 9.52 Å². The van der Waals surface area contributed by atoms with Crippen LogP contribution in [0.1, 0.15) is 36.9 Å². The maximum atomic E-state index is 12.5. The lowest BCUT2D eigenvalue weighted by molar-refractivity contribution is -0.132. The molecular formula is C21H26N4O3S. The molecule has 0 aromatic heterocycles. The number of amides is 1. The average Bonchev–Trinajstić information content (AvgIpc) is 3.12. The van der Waals surface area contributed by atoms with Crippen LogP contribution in [-0.4, -0.2) is 45.4 Å². The highest BCUT2D eigenvalue weighted by atomic mass is 32.2. The first-order chi connectivity index (χ1) is 13.7. The molecule has 2 aromatic rings. The number of rotatable bonds is 6. The summed E-state index contributed by atoms with van der Waals surface area (Å²) >= 11 is 0.